The van der Waals surface area contributed by atoms with Crippen LogP contribution < -0.4 is 5.32 Å². The van der Waals surface area contributed by atoms with Gasteiger partial charge >= 0.3 is 0 Å². The highest BCUT2D eigenvalue weighted by atomic mass is 32.2. The molecule has 0 heterocycles. The second-order valence-electron chi connectivity index (χ2n) is 4.39. The van der Waals surface area contributed by atoms with Gasteiger partial charge in [0.2, 0.25) is 0 Å². The minimum Gasteiger partial charge on any atom is -0.394 e. The molecule has 0 spiro atoms. The monoisotopic (exact) mass is 239 g/mol. The molecule has 0 saturated carbocycles. The Bertz CT molecular complexity index is 323. The highest BCUT2D eigenvalue weighted by molar-refractivity contribution is 7.98. The predicted octanol–water partition coefficient (Wildman–Crippen LogP) is 2.20. The molecule has 0 aliphatic carbocycles. The lowest BCUT2D eigenvalue weighted by Crippen LogP contribution is -2.45. The van der Waals surface area contributed by atoms with Gasteiger partial charge in [0.05, 0.1) is 6.61 Å². The molecule has 0 aromatic heterocycles. The number of hydrogen-bond acceptors (Lipinski definition) is 3. The van der Waals surface area contributed by atoms with Gasteiger partial charge in [-0.2, -0.15) is 11.8 Å². The van der Waals surface area contributed by atoms with Gasteiger partial charge in [-0.05, 0) is 32.0 Å². The maximum absolute atomic E-state index is 9.26. The van der Waals surface area contributed by atoms with Crippen LogP contribution in [0.1, 0.15) is 18.1 Å². The Morgan fingerprint density at radius 1 is 1.38 bits per heavy atom. The maximum Gasteiger partial charge on any atom is 0.0618 e. The molecule has 1 aromatic rings. The van der Waals surface area contributed by atoms with Gasteiger partial charge in [-0.25, -0.2) is 0 Å². The fourth-order valence-electron chi connectivity index (χ4n) is 1.36. The van der Waals surface area contributed by atoms with Gasteiger partial charge in [-0.3, -0.25) is 0 Å². The number of hydrogen-bond donors (Lipinski definition) is 2. The fraction of sp³-hybridized carbons (Fsp3) is 0.538. The number of likely N-dealkylation sites (N-methyl/N-ethyl adjacent to an activating group) is 1. The van der Waals surface area contributed by atoms with Crippen LogP contribution in [0.15, 0.2) is 24.3 Å². The first-order valence-electron chi connectivity index (χ1n) is 5.53. The lowest BCUT2D eigenvalue weighted by molar-refractivity contribution is 0.200. The summed E-state index contributed by atoms with van der Waals surface area (Å²) in [7, 11) is 1.89. The van der Waals surface area contributed by atoms with E-state index in [1.165, 1.54) is 11.1 Å². The van der Waals surface area contributed by atoms with Gasteiger partial charge in [0.1, 0.15) is 0 Å². The van der Waals surface area contributed by atoms with Crippen molar-refractivity contribution in [2.45, 2.75) is 25.1 Å². The Morgan fingerprint density at radius 2 is 2.06 bits per heavy atom. The van der Waals surface area contributed by atoms with E-state index < -0.39 is 0 Å². The summed E-state index contributed by atoms with van der Waals surface area (Å²) in [5, 5.41) is 12.4. The van der Waals surface area contributed by atoms with E-state index in [0.717, 1.165) is 11.5 Å². The van der Waals surface area contributed by atoms with Crippen molar-refractivity contribution in [2.24, 2.45) is 0 Å². The molecule has 2 N–H and O–H groups in total. The van der Waals surface area contributed by atoms with E-state index >= 15 is 0 Å². The third-order valence-electron chi connectivity index (χ3n) is 2.89. The largest absolute Gasteiger partial charge is 0.394 e. The molecule has 3 heteroatoms. The smallest absolute Gasteiger partial charge is 0.0618 e. The molecule has 0 aliphatic heterocycles. The van der Waals surface area contributed by atoms with E-state index in [0.29, 0.717) is 0 Å². The number of rotatable bonds is 6. The van der Waals surface area contributed by atoms with Crippen molar-refractivity contribution < 1.29 is 5.11 Å². The molecule has 90 valence electrons. The van der Waals surface area contributed by atoms with Gasteiger partial charge in [0.25, 0.3) is 0 Å². The van der Waals surface area contributed by atoms with Crippen LogP contribution in [0, 0.1) is 6.92 Å². The minimum atomic E-state index is -0.173. The fourth-order valence-corrected chi connectivity index (χ4v) is 2.69. The van der Waals surface area contributed by atoms with Gasteiger partial charge in [0.15, 0.2) is 0 Å². The van der Waals surface area contributed by atoms with Crippen LogP contribution in [0.4, 0.5) is 0 Å². The number of thioether (sulfide) groups is 1. The summed E-state index contributed by atoms with van der Waals surface area (Å²) in [6.45, 7) is 4.35. The van der Waals surface area contributed by atoms with Gasteiger partial charge in [0, 0.05) is 17.0 Å². The molecule has 0 saturated heterocycles. The average Bonchev–Trinajstić information content (AvgIpc) is 2.31. The summed E-state index contributed by atoms with van der Waals surface area (Å²) >= 11 is 1.85. The van der Waals surface area contributed by atoms with Crippen molar-refractivity contribution in [3.05, 3.63) is 35.4 Å². The normalized spacial score (nSPS) is 14.8. The van der Waals surface area contributed by atoms with Crippen molar-refractivity contribution in [1.82, 2.24) is 5.32 Å². The molecule has 16 heavy (non-hydrogen) atoms. The highest BCUT2D eigenvalue weighted by Gasteiger charge is 2.20. The van der Waals surface area contributed by atoms with E-state index in [4.69, 9.17) is 0 Å². The van der Waals surface area contributed by atoms with Crippen LogP contribution in [0.3, 0.4) is 0 Å². The van der Waals surface area contributed by atoms with Crippen LogP contribution in [-0.2, 0) is 5.75 Å². The van der Waals surface area contributed by atoms with Crippen LogP contribution in [-0.4, -0.2) is 30.1 Å². The Hall–Kier alpha value is -0.510. The first-order valence-corrected chi connectivity index (χ1v) is 6.69. The van der Waals surface area contributed by atoms with Gasteiger partial charge in [-0.15, -0.1) is 0 Å². The Morgan fingerprint density at radius 3 is 2.62 bits per heavy atom. The first-order chi connectivity index (χ1) is 7.61. The summed E-state index contributed by atoms with van der Waals surface area (Å²) in [4.78, 5) is 0. The third kappa shape index (κ3) is 3.81. The molecule has 1 atom stereocenters. The van der Waals surface area contributed by atoms with E-state index in [-0.39, 0.29) is 12.1 Å². The summed E-state index contributed by atoms with van der Waals surface area (Å²) in [6.07, 6.45) is 0. The molecule has 1 unspecified atom stereocenters. The molecule has 0 amide bonds. The van der Waals surface area contributed by atoms with E-state index in [9.17, 15) is 5.11 Å². The van der Waals surface area contributed by atoms with Crippen LogP contribution in [0.2, 0.25) is 0 Å². The van der Waals surface area contributed by atoms with Crippen molar-refractivity contribution in [3.63, 3.8) is 0 Å². The number of aliphatic hydroxyl groups is 1. The number of aryl methyl sites for hydroxylation is 1. The summed E-state index contributed by atoms with van der Waals surface area (Å²) in [5.74, 6) is 1.91. The molecule has 0 radical (unpaired) electrons. The van der Waals surface area contributed by atoms with Crippen molar-refractivity contribution >= 4 is 11.8 Å². The Labute approximate surface area is 102 Å². The molecule has 2 nitrogen and oxygen atoms in total. The molecule has 1 aromatic carbocycles. The summed E-state index contributed by atoms with van der Waals surface area (Å²) in [6, 6.07) is 8.44. The van der Waals surface area contributed by atoms with Crippen LogP contribution in [0.5, 0.6) is 0 Å². The molecular weight excluding hydrogens is 218 g/mol. The van der Waals surface area contributed by atoms with Crippen LogP contribution >= 0.6 is 11.8 Å². The minimum absolute atomic E-state index is 0.171. The number of nitrogens with one attached hydrogen (secondary N) is 1. The Kier molecular flexibility index (Phi) is 5.32. The zero-order valence-electron chi connectivity index (χ0n) is 10.3. The van der Waals surface area contributed by atoms with Gasteiger partial charge in [-0.1, -0.05) is 24.3 Å². The third-order valence-corrected chi connectivity index (χ3v) is 4.25. The second kappa shape index (κ2) is 6.28. The molecule has 0 bridgehead atoms. The SMILES string of the molecule is CNC(C)(CO)CSCc1ccccc1C. The lowest BCUT2D eigenvalue weighted by Gasteiger charge is -2.26. The van der Waals surface area contributed by atoms with Crippen LogP contribution in [0.25, 0.3) is 0 Å². The predicted molar refractivity (Wildman–Crippen MR) is 71.9 cm³/mol. The standard InChI is InChI=1S/C13H21NOS/c1-11-6-4-5-7-12(11)8-16-10-13(2,9-15)14-3/h4-7,14-15H,8-10H2,1-3H3. The number of benzene rings is 1. The van der Waals surface area contributed by atoms with Crippen molar-refractivity contribution in [1.29, 1.82) is 0 Å². The zero-order valence-corrected chi connectivity index (χ0v) is 11.1. The Balaban J connectivity index is 2.44. The molecular formula is C13H21NOS. The first kappa shape index (κ1) is 13.6. The lowest BCUT2D eigenvalue weighted by atomic mass is 10.1. The average molecular weight is 239 g/mol. The van der Waals surface area contributed by atoms with E-state index in [1.54, 1.807) is 0 Å². The zero-order chi connectivity index (χ0) is 12.0. The van der Waals surface area contributed by atoms with Crippen molar-refractivity contribution in [2.75, 3.05) is 19.4 Å². The topological polar surface area (TPSA) is 32.3 Å². The summed E-state index contributed by atoms with van der Waals surface area (Å²) in [5.41, 5.74) is 2.54. The van der Waals surface area contributed by atoms with E-state index in [1.807, 2.05) is 25.7 Å². The van der Waals surface area contributed by atoms with Gasteiger partial charge < -0.3 is 10.4 Å². The molecule has 0 aliphatic rings. The van der Waals surface area contributed by atoms with Crippen molar-refractivity contribution in [3.8, 4) is 0 Å². The number of aliphatic hydroxyl groups excluding tert-OH is 1. The van der Waals surface area contributed by atoms with E-state index in [2.05, 4.69) is 36.5 Å². The summed E-state index contributed by atoms with van der Waals surface area (Å²) < 4.78 is 0. The highest BCUT2D eigenvalue weighted by Crippen LogP contribution is 2.19. The maximum atomic E-state index is 9.26. The molecule has 1 rings (SSSR count). The molecule has 0 fully saturated rings. The quantitative estimate of drug-likeness (QED) is 0.798. The second-order valence-corrected chi connectivity index (χ2v) is 5.37.